The van der Waals surface area contributed by atoms with E-state index in [2.05, 4.69) is 0 Å². The zero-order chi connectivity index (χ0) is 15.4. The number of aliphatic hydroxyl groups excluding tert-OH is 1. The minimum absolute atomic E-state index is 0.0329. The lowest BCUT2D eigenvalue weighted by Crippen LogP contribution is -2.47. The normalized spacial score (nSPS) is 23.0. The van der Waals surface area contributed by atoms with Gasteiger partial charge in [-0.2, -0.15) is 0 Å². The van der Waals surface area contributed by atoms with E-state index in [1.165, 1.54) is 18.2 Å². The summed E-state index contributed by atoms with van der Waals surface area (Å²) in [5, 5.41) is 9.20. The van der Waals surface area contributed by atoms with Crippen LogP contribution in [0.15, 0.2) is 18.2 Å². The molecule has 116 valence electrons. The van der Waals surface area contributed by atoms with Gasteiger partial charge in [0.05, 0.1) is 18.8 Å². The minimum Gasteiger partial charge on any atom is -0.394 e. The number of carbonyl (C=O) groups is 1. The fraction of sp³-hybridized carbons (Fsp3) is 0.500. The minimum atomic E-state index is -0.458. The molecule has 6 nitrogen and oxygen atoms in total. The number of hydrogen-bond acceptors (Lipinski definition) is 5. The molecule has 1 heterocycles. The first-order valence-corrected chi connectivity index (χ1v) is 6.81. The molecule has 1 aliphatic rings. The summed E-state index contributed by atoms with van der Waals surface area (Å²) >= 11 is 0. The van der Waals surface area contributed by atoms with Crippen LogP contribution in [-0.2, 0) is 11.3 Å². The van der Waals surface area contributed by atoms with Gasteiger partial charge in [0.15, 0.2) is 0 Å². The monoisotopic (exact) mass is 297 g/mol. The largest absolute Gasteiger partial charge is 0.394 e. The molecule has 1 aromatic rings. The molecule has 1 fully saturated rings. The van der Waals surface area contributed by atoms with Gasteiger partial charge < -0.3 is 9.84 Å². The van der Waals surface area contributed by atoms with Crippen molar-refractivity contribution in [2.75, 3.05) is 19.7 Å². The van der Waals surface area contributed by atoms with Crippen molar-refractivity contribution in [1.29, 1.82) is 0 Å². The standard InChI is InChI=1S/C14H20FN3O3/c1-9-5-18(7-12(8-19)21-9)6-11-4-10(14(20)17-16)2-3-13(11)15/h2-4,9,12,19H,5-8,16H2,1H3,(H,17,20). The summed E-state index contributed by atoms with van der Waals surface area (Å²) in [7, 11) is 0. The Labute approximate surface area is 122 Å². The van der Waals surface area contributed by atoms with Crippen molar-refractivity contribution in [3.05, 3.63) is 35.1 Å². The molecule has 2 rings (SSSR count). The highest BCUT2D eigenvalue weighted by Gasteiger charge is 2.25. The zero-order valence-corrected chi connectivity index (χ0v) is 11.9. The maximum atomic E-state index is 13.9. The number of morpholine rings is 1. The third-order valence-corrected chi connectivity index (χ3v) is 3.44. The van der Waals surface area contributed by atoms with Crippen LogP contribution in [0.5, 0.6) is 0 Å². The van der Waals surface area contributed by atoms with Crippen LogP contribution >= 0.6 is 0 Å². The van der Waals surface area contributed by atoms with Crippen LogP contribution in [-0.4, -0.2) is 47.8 Å². The lowest BCUT2D eigenvalue weighted by Gasteiger charge is -2.36. The molecule has 0 bridgehead atoms. The van der Waals surface area contributed by atoms with Crippen LogP contribution < -0.4 is 11.3 Å². The van der Waals surface area contributed by atoms with Crippen molar-refractivity contribution < 1.29 is 19.0 Å². The smallest absolute Gasteiger partial charge is 0.265 e. The second kappa shape index (κ2) is 6.95. The van der Waals surface area contributed by atoms with Crippen molar-refractivity contribution in [1.82, 2.24) is 10.3 Å². The highest BCUT2D eigenvalue weighted by Crippen LogP contribution is 2.17. The van der Waals surface area contributed by atoms with E-state index >= 15 is 0 Å². The Hall–Kier alpha value is -1.54. The Morgan fingerprint density at radius 1 is 1.57 bits per heavy atom. The SMILES string of the molecule is CC1CN(Cc2cc(C(=O)NN)ccc2F)CC(CO)O1. The van der Waals surface area contributed by atoms with Crippen LogP contribution in [0.3, 0.4) is 0 Å². The quantitative estimate of drug-likeness (QED) is 0.414. The number of hydrogen-bond donors (Lipinski definition) is 3. The second-order valence-electron chi connectivity index (χ2n) is 5.23. The number of benzene rings is 1. The molecule has 1 aliphatic heterocycles. The summed E-state index contributed by atoms with van der Waals surface area (Å²) in [5.74, 6) is 4.25. The number of nitrogens with zero attached hydrogens (tertiary/aromatic N) is 1. The van der Waals surface area contributed by atoms with E-state index in [0.717, 1.165) is 0 Å². The molecular formula is C14H20FN3O3. The van der Waals surface area contributed by atoms with Gasteiger partial charge in [-0.3, -0.25) is 15.1 Å². The molecule has 2 atom stereocenters. The molecule has 0 saturated carbocycles. The summed E-state index contributed by atoms with van der Waals surface area (Å²) in [5.41, 5.74) is 2.76. The van der Waals surface area contributed by atoms with Crippen LogP contribution in [0.1, 0.15) is 22.8 Å². The van der Waals surface area contributed by atoms with E-state index in [-0.39, 0.29) is 24.6 Å². The summed E-state index contributed by atoms with van der Waals surface area (Å²) in [6, 6.07) is 4.14. The number of nitrogens with one attached hydrogen (secondary N) is 1. The Morgan fingerprint density at radius 2 is 2.33 bits per heavy atom. The lowest BCUT2D eigenvalue weighted by molar-refractivity contribution is -0.0974. The van der Waals surface area contributed by atoms with E-state index in [9.17, 15) is 14.3 Å². The molecule has 4 N–H and O–H groups in total. The fourth-order valence-corrected chi connectivity index (χ4v) is 2.53. The molecule has 0 aliphatic carbocycles. The van der Waals surface area contributed by atoms with Crippen LogP contribution in [0.25, 0.3) is 0 Å². The van der Waals surface area contributed by atoms with Gasteiger partial charge in [0.25, 0.3) is 5.91 Å². The number of amides is 1. The molecule has 0 aromatic heterocycles. The van der Waals surface area contributed by atoms with Gasteiger partial charge in [-0.15, -0.1) is 0 Å². The van der Waals surface area contributed by atoms with Crippen LogP contribution in [0.2, 0.25) is 0 Å². The van der Waals surface area contributed by atoms with E-state index in [4.69, 9.17) is 10.6 Å². The highest BCUT2D eigenvalue weighted by atomic mass is 19.1. The van der Waals surface area contributed by atoms with Crippen LogP contribution in [0, 0.1) is 5.82 Å². The van der Waals surface area contributed by atoms with E-state index in [0.29, 0.717) is 30.8 Å². The molecule has 0 spiro atoms. The third-order valence-electron chi connectivity index (χ3n) is 3.44. The zero-order valence-electron chi connectivity index (χ0n) is 11.9. The summed E-state index contributed by atoms with van der Waals surface area (Å²) in [4.78, 5) is 13.5. The van der Waals surface area contributed by atoms with Gasteiger partial charge >= 0.3 is 0 Å². The van der Waals surface area contributed by atoms with Gasteiger partial charge in [-0.1, -0.05) is 0 Å². The van der Waals surface area contributed by atoms with E-state index in [1.54, 1.807) is 0 Å². The van der Waals surface area contributed by atoms with Crippen molar-refractivity contribution >= 4 is 5.91 Å². The molecule has 21 heavy (non-hydrogen) atoms. The number of carbonyl (C=O) groups excluding carboxylic acids is 1. The number of ether oxygens (including phenoxy) is 1. The maximum Gasteiger partial charge on any atom is 0.265 e. The predicted molar refractivity (Wildman–Crippen MR) is 74.8 cm³/mol. The molecule has 7 heteroatoms. The van der Waals surface area contributed by atoms with E-state index < -0.39 is 5.91 Å². The van der Waals surface area contributed by atoms with Gasteiger partial charge in [0.1, 0.15) is 5.82 Å². The predicted octanol–water partition coefficient (Wildman–Crippen LogP) is 0.0108. The molecule has 0 radical (unpaired) electrons. The number of hydrazine groups is 1. The lowest BCUT2D eigenvalue weighted by atomic mass is 10.1. The fourth-order valence-electron chi connectivity index (χ4n) is 2.53. The van der Waals surface area contributed by atoms with Crippen molar-refractivity contribution in [3.63, 3.8) is 0 Å². The third kappa shape index (κ3) is 3.98. The number of nitrogens with two attached hydrogens (primary N) is 1. The molecule has 1 amide bonds. The summed E-state index contributed by atoms with van der Waals surface area (Å²) in [6.45, 7) is 3.35. The molecule has 1 saturated heterocycles. The van der Waals surface area contributed by atoms with Gasteiger partial charge in [-0.05, 0) is 25.1 Å². The number of aliphatic hydroxyl groups is 1. The number of rotatable bonds is 4. The average molecular weight is 297 g/mol. The first kappa shape index (κ1) is 15.8. The second-order valence-corrected chi connectivity index (χ2v) is 5.23. The Morgan fingerprint density at radius 3 is 3.00 bits per heavy atom. The topological polar surface area (TPSA) is 87.8 Å². The van der Waals surface area contributed by atoms with Crippen LogP contribution in [0.4, 0.5) is 4.39 Å². The van der Waals surface area contributed by atoms with Gasteiger partial charge in [0, 0.05) is 30.8 Å². The Bertz CT molecular complexity index is 512. The van der Waals surface area contributed by atoms with Gasteiger partial charge in [-0.25, -0.2) is 10.2 Å². The summed E-state index contributed by atoms with van der Waals surface area (Å²) < 4.78 is 19.4. The van der Waals surface area contributed by atoms with Crippen molar-refractivity contribution in [3.8, 4) is 0 Å². The molecule has 2 unspecified atom stereocenters. The average Bonchev–Trinajstić information content (AvgIpc) is 2.48. The highest BCUT2D eigenvalue weighted by molar-refractivity contribution is 5.93. The first-order chi connectivity index (χ1) is 10.0. The van der Waals surface area contributed by atoms with Gasteiger partial charge in [0.2, 0.25) is 0 Å². The number of nitrogen functional groups attached to an aromatic ring is 1. The number of halogens is 1. The molecular weight excluding hydrogens is 277 g/mol. The van der Waals surface area contributed by atoms with Crippen molar-refractivity contribution in [2.45, 2.75) is 25.7 Å². The molecule has 1 aromatic carbocycles. The Balaban J connectivity index is 2.12. The summed E-state index contributed by atoms with van der Waals surface area (Å²) in [6.07, 6.45) is -0.304. The first-order valence-electron chi connectivity index (χ1n) is 6.81. The Kier molecular flexibility index (Phi) is 5.24. The van der Waals surface area contributed by atoms with Crippen molar-refractivity contribution in [2.24, 2.45) is 5.84 Å². The van der Waals surface area contributed by atoms with E-state index in [1.807, 2.05) is 17.2 Å². The maximum absolute atomic E-state index is 13.9.